The first-order valence-electron chi connectivity index (χ1n) is 6.80. The fourth-order valence-electron chi connectivity index (χ4n) is 2.68. The molecule has 1 aliphatic carbocycles. The maximum absolute atomic E-state index is 5.39. The lowest BCUT2D eigenvalue weighted by Gasteiger charge is -2.35. The second-order valence-corrected chi connectivity index (χ2v) is 5.78. The Bertz CT molecular complexity index is 392. The van der Waals surface area contributed by atoms with Crippen LogP contribution >= 0.6 is 0 Å². The van der Waals surface area contributed by atoms with Gasteiger partial charge in [0.2, 0.25) is 5.88 Å². The van der Waals surface area contributed by atoms with Gasteiger partial charge in [0.25, 0.3) is 0 Å². The van der Waals surface area contributed by atoms with E-state index in [1.54, 1.807) is 6.33 Å². The van der Waals surface area contributed by atoms with Gasteiger partial charge < -0.3 is 10.1 Å². The number of ether oxygens (including phenoxy) is 1. The number of nitrogens with one attached hydrogen (secondary N) is 1. The Labute approximate surface area is 109 Å². The predicted octanol–water partition coefficient (Wildman–Crippen LogP) is 3.26. The van der Waals surface area contributed by atoms with Gasteiger partial charge >= 0.3 is 0 Å². The van der Waals surface area contributed by atoms with Crippen LogP contribution in [-0.4, -0.2) is 22.6 Å². The summed E-state index contributed by atoms with van der Waals surface area (Å²) in [5.41, 5.74) is 0.436. The van der Waals surface area contributed by atoms with Crippen LogP contribution in [0.4, 0.5) is 5.82 Å². The molecule has 0 saturated heterocycles. The first-order valence-corrected chi connectivity index (χ1v) is 6.80. The van der Waals surface area contributed by atoms with Crippen molar-refractivity contribution in [3.63, 3.8) is 0 Å². The van der Waals surface area contributed by atoms with Crippen molar-refractivity contribution < 1.29 is 4.74 Å². The van der Waals surface area contributed by atoms with Crippen LogP contribution in [0.1, 0.15) is 46.5 Å². The SMILES string of the molecule is CCOc1cc(NC2CCCC(C)(C)C2)ncn1. The van der Waals surface area contributed by atoms with Gasteiger partial charge in [-0.15, -0.1) is 0 Å². The minimum Gasteiger partial charge on any atom is -0.478 e. The number of hydrogen-bond acceptors (Lipinski definition) is 4. The zero-order valence-corrected chi connectivity index (χ0v) is 11.6. The number of hydrogen-bond donors (Lipinski definition) is 1. The third-order valence-electron chi connectivity index (χ3n) is 3.49. The lowest BCUT2D eigenvalue weighted by atomic mass is 9.75. The van der Waals surface area contributed by atoms with E-state index in [1.807, 2.05) is 13.0 Å². The predicted molar refractivity (Wildman–Crippen MR) is 72.9 cm³/mol. The van der Waals surface area contributed by atoms with Crippen molar-refractivity contribution in [3.05, 3.63) is 12.4 Å². The molecular weight excluding hydrogens is 226 g/mol. The van der Waals surface area contributed by atoms with E-state index in [2.05, 4.69) is 29.1 Å². The molecule has 0 bridgehead atoms. The molecule has 1 aliphatic rings. The van der Waals surface area contributed by atoms with Gasteiger partial charge in [-0.1, -0.05) is 20.3 Å². The van der Waals surface area contributed by atoms with Crippen LogP contribution in [0, 0.1) is 5.41 Å². The summed E-state index contributed by atoms with van der Waals surface area (Å²) < 4.78 is 5.39. The van der Waals surface area contributed by atoms with Crippen LogP contribution in [0.5, 0.6) is 5.88 Å². The summed E-state index contributed by atoms with van der Waals surface area (Å²) in [7, 11) is 0. The van der Waals surface area contributed by atoms with Crippen LogP contribution in [0.3, 0.4) is 0 Å². The molecule has 1 atom stereocenters. The lowest BCUT2D eigenvalue weighted by molar-refractivity contribution is 0.229. The average Bonchev–Trinajstić information content (AvgIpc) is 2.28. The Morgan fingerprint density at radius 3 is 3.00 bits per heavy atom. The van der Waals surface area contributed by atoms with Crippen LogP contribution < -0.4 is 10.1 Å². The zero-order valence-electron chi connectivity index (χ0n) is 11.6. The molecule has 1 saturated carbocycles. The van der Waals surface area contributed by atoms with Crippen LogP contribution in [0.25, 0.3) is 0 Å². The second-order valence-electron chi connectivity index (χ2n) is 5.78. The van der Waals surface area contributed by atoms with E-state index >= 15 is 0 Å². The van der Waals surface area contributed by atoms with E-state index in [4.69, 9.17) is 4.74 Å². The Balaban J connectivity index is 1.98. The highest BCUT2D eigenvalue weighted by Gasteiger charge is 2.27. The van der Waals surface area contributed by atoms with Crippen molar-refractivity contribution in [1.29, 1.82) is 0 Å². The quantitative estimate of drug-likeness (QED) is 0.889. The fraction of sp³-hybridized carbons (Fsp3) is 0.714. The first-order chi connectivity index (χ1) is 8.59. The van der Waals surface area contributed by atoms with Gasteiger partial charge in [0.15, 0.2) is 0 Å². The fourth-order valence-corrected chi connectivity index (χ4v) is 2.68. The Morgan fingerprint density at radius 2 is 2.28 bits per heavy atom. The Hall–Kier alpha value is -1.32. The molecule has 100 valence electrons. The number of nitrogens with zero attached hydrogens (tertiary/aromatic N) is 2. The number of rotatable bonds is 4. The molecule has 18 heavy (non-hydrogen) atoms. The summed E-state index contributed by atoms with van der Waals surface area (Å²) in [5.74, 6) is 1.52. The summed E-state index contributed by atoms with van der Waals surface area (Å²) in [6.45, 7) is 7.27. The van der Waals surface area contributed by atoms with Gasteiger partial charge in [-0.25, -0.2) is 9.97 Å². The minimum absolute atomic E-state index is 0.436. The molecule has 1 aromatic rings. The van der Waals surface area contributed by atoms with Crippen LogP contribution in [0.15, 0.2) is 12.4 Å². The highest BCUT2D eigenvalue weighted by Crippen LogP contribution is 2.36. The molecule has 4 heteroatoms. The number of anilines is 1. The minimum atomic E-state index is 0.436. The summed E-state index contributed by atoms with van der Waals surface area (Å²) in [4.78, 5) is 8.34. The van der Waals surface area contributed by atoms with E-state index in [1.165, 1.54) is 25.7 Å². The normalized spacial score (nSPS) is 22.5. The highest BCUT2D eigenvalue weighted by molar-refractivity contribution is 5.38. The molecule has 1 aromatic heterocycles. The van der Waals surface area contributed by atoms with Gasteiger partial charge in [-0.3, -0.25) is 0 Å². The summed E-state index contributed by atoms with van der Waals surface area (Å²) in [5, 5.41) is 3.50. The maximum atomic E-state index is 5.39. The van der Waals surface area contributed by atoms with E-state index in [0.717, 1.165) is 5.82 Å². The molecular formula is C14H23N3O. The van der Waals surface area contributed by atoms with E-state index in [-0.39, 0.29) is 0 Å². The van der Waals surface area contributed by atoms with Crippen molar-refractivity contribution in [3.8, 4) is 5.88 Å². The van der Waals surface area contributed by atoms with Gasteiger partial charge in [0.1, 0.15) is 12.1 Å². The lowest BCUT2D eigenvalue weighted by Crippen LogP contribution is -2.32. The molecule has 1 unspecified atom stereocenters. The van der Waals surface area contributed by atoms with E-state index in [9.17, 15) is 0 Å². The number of aromatic nitrogens is 2. The van der Waals surface area contributed by atoms with E-state index < -0.39 is 0 Å². The van der Waals surface area contributed by atoms with Crippen molar-refractivity contribution in [2.24, 2.45) is 5.41 Å². The van der Waals surface area contributed by atoms with Crippen molar-refractivity contribution in [1.82, 2.24) is 9.97 Å². The van der Waals surface area contributed by atoms with Gasteiger partial charge in [-0.2, -0.15) is 0 Å². The molecule has 2 rings (SSSR count). The Kier molecular flexibility index (Phi) is 4.04. The van der Waals surface area contributed by atoms with Gasteiger partial charge in [-0.05, 0) is 31.6 Å². The molecule has 1 fully saturated rings. The first kappa shape index (κ1) is 13.1. The summed E-state index contributed by atoms with van der Waals surface area (Å²) in [6, 6.07) is 2.39. The van der Waals surface area contributed by atoms with Crippen molar-refractivity contribution in [2.75, 3.05) is 11.9 Å². The molecule has 0 spiro atoms. The second kappa shape index (κ2) is 5.55. The van der Waals surface area contributed by atoms with Crippen molar-refractivity contribution >= 4 is 5.82 Å². The molecule has 1 heterocycles. The van der Waals surface area contributed by atoms with Crippen LogP contribution in [0.2, 0.25) is 0 Å². The highest BCUT2D eigenvalue weighted by atomic mass is 16.5. The topological polar surface area (TPSA) is 47.0 Å². The monoisotopic (exact) mass is 249 g/mol. The molecule has 0 amide bonds. The summed E-state index contributed by atoms with van der Waals surface area (Å²) in [6.07, 6.45) is 6.58. The van der Waals surface area contributed by atoms with Gasteiger partial charge in [0.05, 0.1) is 6.61 Å². The molecule has 0 aliphatic heterocycles. The molecule has 1 N–H and O–H groups in total. The molecule has 4 nitrogen and oxygen atoms in total. The van der Waals surface area contributed by atoms with Crippen LogP contribution in [-0.2, 0) is 0 Å². The third-order valence-corrected chi connectivity index (χ3v) is 3.49. The maximum Gasteiger partial charge on any atom is 0.218 e. The summed E-state index contributed by atoms with van der Waals surface area (Å²) >= 11 is 0. The van der Waals surface area contributed by atoms with Crippen molar-refractivity contribution in [2.45, 2.75) is 52.5 Å². The standard InChI is InChI=1S/C14H23N3O/c1-4-18-13-8-12(15-10-16-13)17-11-6-5-7-14(2,3)9-11/h8,10-11H,4-7,9H2,1-3H3,(H,15,16,17). The molecule has 0 aromatic carbocycles. The average molecular weight is 249 g/mol. The third kappa shape index (κ3) is 3.59. The van der Waals surface area contributed by atoms with E-state index in [0.29, 0.717) is 23.9 Å². The Morgan fingerprint density at radius 1 is 1.44 bits per heavy atom. The zero-order chi connectivity index (χ0) is 13.0. The van der Waals surface area contributed by atoms with Gasteiger partial charge in [0, 0.05) is 12.1 Å². The smallest absolute Gasteiger partial charge is 0.218 e. The molecule has 0 radical (unpaired) electrons. The largest absolute Gasteiger partial charge is 0.478 e.